The third kappa shape index (κ3) is 1.74. The lowest BCUT2D eigenvalue weighted by Gasteiger charge is -2.40. The van der Waals surface area contributed by atoms with E-state index in [0.717, 1.165) is 30.5 Å². The van der Waals surface area contributed by atoms with Crippen molar-refractivity contribution in [3.05, 3.63) is 41.0 Å². The Hall–Kier alpha value is -2.20. The molecule has 0 unspecified atom stereocenters. The first-order valence-electron chi connectivity index (χ1n) is 7.55. The van der Waals surface area contributed by atoms with Crippen LogP contribution < -0.4 is 4.74 Å². The second kappa shape index (κ2) is 4.65. The number of likely N-dealkylation sites (N-methyl/N-ethyl adjacent to an activating group) is 1. The first kappa shape index (κ1) is 13.5. The normalized spacial score (nSPS) is 19.5. The maximum Gasteiger partial charge on any atom is 0.168 e. The van der Waals surface area contributed by atoms with E-state index in [4.69, 9.17) is 4.74 Å². The second-order valence-electron chi connectivity index (χ2n) is 6.17. The molecule has 4 nitrogen and oxygen atoms in total. The van der Waals surface area contributed by atoms with Crippen molar-refractivity contribution in [2.75, 3.05) is 20.7 Å². The lowest BCUT2D eigenvalue weighted by atomic mass is 9.76. The Labute approximate surface area is 129 Å². The van der Waals surface area contributed by atoms with Crippen LogP contribution in [0.4, 0.5) is 0 Å². The highest BCUT2D eigenvalue weighted by Crippen LogP contribution is 2.52. The lowest BCUT2D eigenvalue weighted by molar-refractivity contribution is 0.226. The molecule has 0 amide bonds. The zero-order valence-corrected chi connectivity index (χ0v) is 12.8. The molecule has 22 heavy (non-hydrogen) atoms. The number of ether oxygens (including phenoxy) is 1. The van der Waals surface area contributed by atoms with E-state index in [1.807, 2.05) is 12.1 Å². The molecular formula is C18H19NO3. The van der Waals surface area contributed by atoms with Gasteiger partial charge in [-0.25, -0.2) is 0 Å². The molecule has 1 aliphatic heterocycles. The van der Waals surface area contributed by atoms with Crippen molar-refractivity contribution < 1.29 is 14.9 Å². The number of phenols is 2. The van der Waals surface area contributed by atoms with Gasteiger partial charge >= 0.3 is 0 Å². The van der Waals surface area contributed by atoms with E-state index in [-0.39, 0.29) is 11.5 Å². The molecule has 2 aromatic rings. The molecule has 4 heteroatoms. The Morgan fingerprint density at radius 3 is 2.77 bits per heavy atom. The van der Waals surface area contributed by atoms with E-state index >= 15 is 0 Å². The van der Waals surface area contributed by atoms with E-state index in [2.05, 4.69) is 11.9 Å². The zero-order chi connectivity index (χ0) is 15.4. The molecule has 4 rings (SSSR count). The van der Waals surface area contributed by atoms with Gasteiger partial charge < -0.3 is 14.9 Å². The summed E-state index contributed by atoms with van der Waals surface area (Å²) in [6.07, 6.45) is 1.83. The van der Waals surface area contributed by atoms with E-state index < -0.39 is 0 Å². The number of rotatable bonds is 1. The minimum Gasteiger partial charge on any atom is -0.508 e. The topological polar surface area (TPSA) is 52.9 Å². The molecule has 1 aliphatic carbocycles. The average molecular weight is 297 g/mol. The molecule has 0 spiro atoms. The predicted octanol–water partition coefficient (Wildman–Crippen LogP) is 2.86. The summed E-state index contributed by atoms with van der Waals surface area (Å²) in [6.45, 7) is 0.982. The van der Waals surface area contributed by atoms with Crippen LogP contribution in [0.15, 0.2) is 24.3 Å². The van der Waals surface area contributed by atoms with Gasteiger partial charge in [0.05, 0.1) is 7.11 Å². The summed E-state index contributed by atoms with van der Waals surface area (Å²) in [7, 11) is 3.72. The standard InChI is InChI=1S/C18H19NO3/c1-19-6-5-11-8-15(21)18(22-2)17-13-9-12(20)4-3-10(13)7-14(19)16(11)17/h3-4,8-9,14,20-21H,5-7H2,1-2H3/t14-/m1/s1. The van der Waals surface area contributed by atoms with Crippen molar-refractivity contribution in [3.63, 3.8) is 0 Å². The van der Waals surface area contributed by atoms with Crippen LogP contribution in [0.25, 0.3) is 11.1 Å². The van der Waals surface area contributed by atoms with E-state index in [0.29, 0.717) is 11.8 Å². The van der Waals surface area contributed by atoms with Crippen molar-refractivity contribution in [2.24, 2.45) is 0 Å². The van der Waals surface area contributed by atoms with Crippen molar-refractivity contribution >= 4 is 0 Å². The van der Waals surface area contributed by atoms with Gasteiger partial charge in [-0.1, -0.05) is 6.07 Å². The van der Waals surface area contributed by atoms with Gasteiger partial charge in [-0.3, -0.25) is 4.90 Å². The molecule has 0 aromatic heterocycles. The maximum absolute atomic E-state index is 10.3. The summed E-state index contributed by atoms with van der Waals surface area (Å²) >= 11 is 0. The molecule has 2 aliphatic rings. The predicted molar refractivity (Wildman–Crippen MR) is 84.5 cm³/mol. The van der Waals surface area contributed by atoms with Gasteiger partial charge in [0.25, 0.3) is 0 Å². The molecule has 0 fully saturated rings. The van der Waals surface area contributed by atoms with Gasteiger partial charge in [-0.05, 0) is 60.3 Å². The Morgan fingerprint density at radius 2 is 2.00 bits per heavy atom. The fraction of sp³-hybridized carbons (Fsp3) is 0.333. The molecule has 1 heterocycles. The van der Waals surface area contributed by atoms with Gasteiger partial charge in [0.15, 0.2) is 11.5 Å². The Bertz CT molecular complexity index is 769. The summed E-state index contributed by atoms with van der Waals surface area (Å²) in [5, 5.41) is 20.2. The van der Waals surface area contributed by atoms with Crippen LogP contribution in [0.1, 0.15) is 22.7 Å². The molecule has 0 saturated heterocycles. The third-order valence-electron chi connectivity index (χ3n) is 4.97. The number of phenolic OH excluding ortho intramolecular Hbond substituents is 2. The number of methoxy groups -OCH3 is 1. The quantitative estimate of drug-likeness (QED) is 0.850. The lowest BCUT2D eigenvalue weighted by Crippen LogP contribution is -2.35. The SMILES string of the molecule is COc1c(O)cc2c3c1-c1cc(O)ccc1C[C@H]3N(C)CC2. The Kier molecular flexibility index (Phi) is 2.84. The minimum absolute atomic E-state index is 0.177. The number of hydrogen-bond donors (Lipinski definition) is 2. The Morgan fingerprint density at radius 1 is 1.18 bits per heavy atom. The van der Waals surface area contributed by atoms with Gasteiger partial charge in [0.1, 0.15) is 5.75 Å². The monoisotopic (exact) mass is 297 g/mol. The fourth-order valence-electron chi connectivity index (χ4n) is 3.90. The summed E-state index contributed by atoms with van der Waals surface area (Å²) < 4.78 is 5.50. The molecule has 114 valence electrons. The van der Waals surface area contributed by atoms with Crippen molar-refractivity contribution in [3.8, 4) is 28.4 Å². The first-order chi connectivity index (χ1) is 10.6. The minimum atomic E-state index is 0.177. The number of benzene rings is 2. The highest BCUT2D eigenvalue weighted by molar-refractivity contribution is 5.84. The summed E-state index contributed by atoms with van der Waals surface area (Å²) in [4.78, 5) is 2.36. The molecule has 0 saturated carbocycles. The van der Waals surface area contributed by atoms with Crippen LogP contribution in [0.2, 0.25) is 0 Å². The third-order valence-corrected chi connectivity index (χ3v) is 4.97. The second-order valence-corrected chi connectivity index (χ2v) is 6.17. The highest BCUT2D eigenvalue weighted by Gasteiger charge is 2.35. The first-order valence-corrected chi connectivity index (χ1v) is 7.55. The van der Waals surface area contributed by atoms with Crippen LogP contribution in [0, 0.1) is 0 Å². The highest BCUT2D eigenvalue weighted by atomic mass is 16.5. The van der Waals surface area contributed by atoms with E-state index in [1.54, 1.807) is 19.2 Å². The zero-order valence-electron chi connectivity index (χ0n) is 12.8. The number of aromatic hydroxyl groups is 2. The van der Waals surface area contributed by atoms with Gasteiger partial charge in [0, 0.05) is 18.2 Å². The average Bonchev–Trinajstić information content (AvgIpc) is 2.50. The molecule has 2 N–H and O–H groups in total. The van der Waals surface area contributed by atoms with E-state index in [9.17, 15) is 10.2 Å². The maximum atomic E-state index is 10.3. The van der Waals surface area contributed by atoms with E-state index in [1.165, 1.54) is 16.7 Å². The molecule has 1 atom stereocenters. The summed E-state index contributed by atoms with van der Waals surface area (Å²) in [6, 6.07) is 7.61. The number of nitrogens with zero attached hydrogens (tertiary/aromatic N) is 1. The number of hydrogen-bond acceptors (Lipinski definition) is 4. The van der Waals surface area contributed by atoms with Crippen molar-refractivity contribution in [1.29, 1.82) is 0 Å². The van der Waals surface area contributed by atoms with Crippen molar-refractivity contribution in [2.45, 2.75) is 18.9 Å². The van der Waals surface area contributed by atoms with Crippen LogP contribution >= 0.6 is 0 Å². The van der Waals surface area contributed by atoms with Gasteiger partial charge in [-0.2, -0.15) is 0 Å². The molecule has 0 bridgehead atoms. The molecule has 2 aromatic carbocycles. The van der Waals surface area contributed by atoms with Crippen molar-refractivity contribution in [1.82, 2.24) is 4.90 Å². The van der Waals surface area contributed by atoms with Crippen LogP contribution in [0.5, 0.6) is 17.2 Å². The van der Waals surface area contributed by atoms with Crippen LogP contribution in [-0.2, 0) is 12.8 Å². The van der Waals surface area contributed by atoms with Crippen LogP contribution in [0.3, 0.4) is 0 Å². The number of fused-ring (bicyclic) bond motifs is 2. The Balaban J connectivity index is 2.10. The van der Waals surface area contributed by atoms with Gasteiger partial charge in [0.2, 0.25) is 0 Å². The summed E-state index contributed by atoms with van der Waals surface area (Å²) in [5.41, 5.74) is 5.51. The summed E-state index contributed by atoms with van der Waals surface area (Å²) in [5.74, 6) is 0.918. The fourth-order valence-corrected chi connectivity index (χ4v) is 3.90. The molecule has 0 radical (unpaired) electrons. The van der Waals surface area contributed by atoms with Gasteiger partial charge in [-0.15, -0.1) is 0 Å². The largest absolute Gasteiger partial charge is 0.508 e. The smallest absolute Gasteiger partial charge is 0.168 e. The van der Waals surface area contributed by atoms with Crippen LogP contribution in [-0.4, -0.2) is 35.8 Å². The molecular weight excluding hydrogens is 278 g/mol.